The predicted molar refractivity (Wildman–Crippen MR) is 66.2 cm³/mol. The third-order valence-electron chi connectivity index (χ3n) is 3.35. The Morgan fingerprint density at radius 1 is 1.56 bits per heavy atom. The number of hydrogen-bond acceptors (Lipinski definition) is 3. The molecular formula is C12H25N3O. The summed E-state index contributed by atoms with van der Waals surface area (Å²) >= 11 is 0. The second-order valence-corrected chi connectivity index (χ2v) is 4.89. The van der Waals surface area contributed by atoms with Crippen molar-refractivity contribution in [3.05, 3.63) is 0 Å². The van der Waals surface area contributed by atoms with Gasteiger partial charge in [0.1, 0.15) is 0 Å². The van der Waals surface area contributed by atoms with E-state index < -0.39 is 0 Å². The maximum absolute atomic E-state index is 11.5. The highest BCUT2D eigenvalue weighted by Crippen LogP contribution is 2.18. The Balaban J connectivity index is 2.53. The summed E-state index contributed by atoms with van der Waals surface area (Å²) in [4.78, 5) is 15.9. The van der Waals surface area contributed by atoms with Crippen molar-refractivity contribution in [3.8, 4) is 0 Å². The molecule has 1 heterocycles. The van der Waals surface area contributed by atoms with E-state index in [0.717, 1.165) is 19.6 Å². The molecular weight excluding hydrogens is 202 g/mol. The van der Waals surface area contributed by atoms with Crippen molar-refractivity contribution in [2.24, 2.45) is 5.73 Å². The first-order chi connectivity index (χ1) is 7.56. The van der Waals surface area contributed by atoms with Crippen LogP contribution in [-0.4, -0.2) is 54.0 Å². The molecule has 94 valence electrons. The maximum atomic E-state index is 11.5. The largest absolute Gasteiger partial charge is 0.339 e. The highest BCUT2D eigenvalue weighted by Gasteiger charge is 2.27. The summed E-state index contributed by atoms with van der Waals surface area (Å²) in [7, 11) is 0. The lowest BCUT2D eigenvalue weighted by Crippen LogP contribution is -2.46. The summed E-state index contributed by atoms with van der Waals surface area (Å²) in [6.45, 7) is 9.45. The summed E-state index contributed by atoms with van der Waals surface area (Å²) in [6, 6.07) is 0.799. The average Bonchev–Trinajstić information content (AvgIpc) is 2.61. The van der Waals surface area contributed by atoms with Gasteiger partial charge in [0.2, 0.25) is 5.91 Å². The summed E-state index contributed by atoms with van der Waals surface area (Å²) in [5, 5.41) is 0. The molecule has 1 aliphatic heterocycles. The van der Waals surface area contributed by atoms with E-state index in [-0.39, 0.29) is 11.9 Å². The first-order valence-corrected chi connectivity index (χ1v) is 6.27. The van der Waals surface area contributed by atoms with E-state index in [1.807, 2.05) is 4.90 Å². The number of amides is 1. The molecule has 4 heteroatoms. The summed E-state index contributed by atoms with van der Waals surface area (Å²) in [5.41, 5.74) is 5.60. The minimum absolute atomic E-state index is 0.176. The van der Waals surface area contributed by atoms with E-state index in [2.05, 4.69) is 18.7 Å². The van der Waals surface area contributed by atoms with Crippen LogP contribution in [-0.2, 0) is 4.79 Å². The Morgan fingerprint density at radius 3 is 2.75 bits per heavy atom. The average molecular weight is 227 g/mol. The Hall–Kier alpha value is -0.610. The molecule has 1 rings (SSSR count). The SMILES string of the molecule is CC(=O)N(CC1CCCN1CCN)C(C)C. The van der Waals surface area contributed by atoms with Gasteiger partial charge in [0.15, 0.2) is 0 Å². The molecule has 1 aliphatic rings. The minimum Gasteiger partial charge on any atom is -0.339 e. The van der Waals surface area contributed by atoms with Crippen LogP contribution in [0.3, 0.4) is 0 Å². The number of rotatable bonds is 5. The van der Waals surface area contributed by atoms with E-state index in [9.17, 15) is 4.79 Å². The zero-order chi connectivity index (χ0) is 12.1. The fraction of sp³-hybridized carbons (Fsp3) is 0.917. The zero-order valence-corrected chi connectivity index (χ0v) is 10.8. The molecule has 4 nitrogen and oxygen atoms in total. The van der Waals surface area contributed by atoms with Crippen LogP contribution in [0.2, 0.25) is 0 Å². The van der Waals surface area contributed by atoms with E-state index >= 15 is 0 Å². The van der Waals surface area contributed by atoms with Crippen LogP contribution in [0, 0.1) is 0 Å². The van der Waals surface area contributed by atoms with Gasteiger partial charge >= 0.3 is 0 Å². The van der Waals surface area contributed by atoms with Gasteiger partial charge in [-0.05, 0) is 33.2 Å². The third kappa shape index (κ3) is 3.46. The molecule has 1 saturated heterocycles. The minimum atomic E-state index is 0.176. The smallest absolute Gasteiger partial charge is 0.219 e. The Bertz CT molecular complexity index is 230. The first kappa shape index (κ1) is 13.5. The second-order valence-electron chi connectivity index (χ2n) is 4.89. The summed E-state index contributed by atoms with van der Waals surface area (Å²) < 4.78 is 0. The normalized spacial score (nSPS) is 21.7. The van der Waals surface area contributed by atoms with E-state index in [1.165, 1.54) is 12.8 Å². The number of carbonyl (C=O) groups excluding carboxylic acids is 1. The van der Waals surface area contributed by atoms with Gasteiger partial charge < -0.3 is 10.6 Å². The van der Waals surface area contributed by atoms with Crippen LogP contribution in [0.4, 0.5) is 0 Å². The highest BCUT2D eigenvalue weighted by molar-refractivity contribution is 5.73. The molecule has 0 bridgehead atoms. The van der Waals surface area contributed by atoms with Crippen molar-refractivity contribution in [2.45, 2.75) is 45.7 Å². The summed E-state index contributed by atoms with van der Waals surface area (Å²) in [6.07, 6.45) is 2.42. The molecule has 0 aromatic rings. The van der Waals surface area contributed by atoms with Crippen molar-refractivity contribution < 1.29 is 4.79 Å². The topological polar surface area (TPSA) is 49.6 Å². The van der Waals surface area contributed by atoms with Crippen LogP contribution in [0.25, 0.3) is 0 Å². The molecule has 1 fully saturated rings. The second kappa shape index (κ2) is 6.21. The van der Waals surface area contributed by atoms with Crippen LogP contribution in [0.1, 0.15) is 33.6 Å². The monoisotopic (exact) mass is 227 g/mol. The van der Waals surface area contributed by atoms with Gasteiger partial charge in [-0.1, -0.05) is 0 Å². The van der Waals surface area contributed by atoms with E-state index in [4.69, 9.17) is 5.73 Å². The molecule has 0 saturated carbocycles. The molecule has 2 N–H and O–H groups in total. The van der Waals surface area contributed by atoms with Gasteiger partial charge in [-0.3, -0.25) is 9.69 Å². The van der Waals surface area contributed by atoms with Gasteiger partial charge in [0.25, 0.3) is 0 Å². The molecule has 0 aliphatic carbocycles. The molecule has 16 heavy (non-hydrogen) atoms. The Morgan fingerprint density at radius 2 is 2.25 bits per heavy atom. The molecule has 0 aromatic carbocycles. The van der Waals surface area contributed by atoms with Crippen LogP contribution < -0.4 is 5.73 Å². The third-order valence-corrected chi connectivity index (χ3v) is 3.35. The molecule has 0 spiro atoms. The number of nitrogens with two attached hydrogens (primary N) is 1. The number of carbonyl (C=O) groups is 1. The fourth-order valence-electron chi connectivity index (χ4n) is 2.49. The number of nitrogens with zero attached hydrogens (tertiary/aromatic N) is 2. The molecule has 0 aromatic heterocycles. The Labute approximate surface area is 98.8 Å². The number of hydrogen-bond donors (Lipinski definition) is 1. The van der Waals surface area contributed by atoms with E-state index in [0.29, 0.717) is 12.6 Å². The Kier molecular flexibility index (Phi) is 5.22. The van der Waals surface area contributed by atoms with Crippen molar-refractivity contribution in [1.29, 1.82) is 0 Å². The highest BCUT2D eigenvalue weighted by atomic mass is 16.2. The zero-order valence-electron chi connectivity index (χ0n) is 10.8. The quantitative estimate of drug-likeness (QED) is 0.751. The lowest BCUT2D eigenvalue weighted by molar-refractivity contribution is -0.131. The molecule has 0 radical (unpaired) electrons. The fourth-order valence-corrected chi connectivity index (χ4v) is 2.49. The van der Waals surface area contributed by atoms with Crippen LogP contribution >= 0.6 is 0 Å². The van der Waals surface area contributed by atoms with Gasteiger partial charge in [-0.25, -0.2) is 0 Å². The lowest BCUT2D eigenvalue weighted by Gasteiger charge is -2.32. The van der Waals surface area contributed by atoms with Gasteiger partial charge in [-0.15, -0.1) is 0 Å². The first-order valence-electron chi connectivity index (χ1n) is 6.27. The standard InChI is InChI=1S/C12H25N3O/c1-10(2)15(11(3)16)9-12-5-4-7-14(12)8-6-13/h10,12H,4-9,13H2,1-3H3. The van der Waals surface area contributed by atoms with Crippen LogP contribution in [0.5, 0.6) is 0 Å². The van der Waals surface area contributed by atoms with Gasteiger partial charge in [-0.2, -0.15) is 0 Å². The van der Waals surface area contributed by atoms with Crippen molar-refractivity contribution in [2.75, 3.05) is 26.2 Å². The van der Waals surface area contributed by atoms with Gasteiger partial charge in [0.05, 0.1) is 0 Å². The maximum Gasteiger partial charge on any atom is 0.219 e. The lowest BCUT2D eigenvalue weighted by atomic mass is 10.2. The van der Waals surface area contributed by atoms with Crippen molar-refractivity contribution >= 4 is 5.91 Å². The number of likely N-dealkylation sites (tertiary alicyclic amines) is 1. The predicted octanol–water partition coefficient (Wildman–Crippen LogP) is 0.666. The van der Waals surface area contributed by atoms with Gasteiger partial charge in [0, 0.05) is 38.6 Å². The molecule has 1 amide bonds. The van der Waals surface area contributed by atoms with Crippen molar-refractivity contribution in [1.82, 2.24) is 9.80 Å². The van der Waals surface area contributed by atoms with Crippen molar-refractivity contribution in [3.63, 3.8) is 0 Å². The van der Waals surface area contributed by atoms with E-state index in [1.54, 1.807) is 6.92 Å². The van der Waals surface area contributed by atoms with Crippen LogP contribution in [0.15, 0.2) is 0 Å². The molecule has 1 atom stereocenters. The molecule has 1 unspecified atom stereocenters. The summed E-state index contributed by atoms with van der Waals surface area (Å²) in [5.74, 6) is 0.176.